The van der Waals surface area contributed by atoms with Crippen LogP contribution in [0.15, 0.2) is 42.5 Å². The Morgan fingerprint density at radius 2 is 1.44 bits per heavy atom. The summed E-state index contributed by atoms with van der Waals surface area (Å²) < 4.78 is 97.8. The fraction of sp³-hybridized carbons (Fsp3) is 0.300. The van der Waals surface area contributed by atoms with E-state index in [9.17, 15) is 26.7 Å². The lowest BCUT2D eigenvalue weighted by Crippen LogP contribution is -2.21. The van der Waals surface area contributed by atoms with Crippen molar-refractivity contribution in [3.63, 3.8) is 0 Å². The summed E-state index contributed by atoms with van der Waals surface area (Å²) in [6, 6.07) is 7.24. The molecule has 4 rings (SSSR count). The summed E-state index contributed by atoms with van der Waals surface area (Å²) >= 11 is 0. The molecule has 9 heteroatoms. The Bertz CT molecular complexity index is 1430. The van der Waals surface area contributed by atoms with E-state index in [1.165, 1.54) is 24.3 Å². The number of rotatable bonds is 8. The summed E-state index contributed by atoms with van der Waals surface area (Å²) in [5, 5.41) is 0. The zero-order valence-electron chi connectivity index (χ0n) is 21.4. The van der Waals surface area contributed by atoms with E-state index in [-0.39, 0.29) is 42.7 Å². The number of allylic oxidation sites excluding steroid dienone is 1. The molecule has 1 atom stereocenters. The fourth-order valence-electron chi connectivity index (χ4n) is 4.60. The van der Waals surface area contributed by atoms with Gasteiger partial charge in [0.2, 0.25) is 5.82 Å². The van der Waals surface area contributed by atoms with Crippen molar-refractivity contribution in [3.8, 4) is 16.9 Å². The molecule has 0 bridgehead atoms. The van der Waals surface area contributed by atoms with Gasteiger partial charge in [0.05, 0.1) is 12.2 Å². The third-order valence-electron chi connectivity index (χ3n) is 6.60. The Balaban J connectivity index is 1.50. The zero-order valence-corrected chi connectivity index (χ0v) is 21.4. The quantitative estimate of drug-likeness (QED) is 0.210. The van der Waals surface area contributed by atoms with Crippen LogP contribution in [0.3, 0.4) is 0 Å². The lowest BCUT2D eigenvalue weighted by molar-refractivity contribution is 0.0278. The maximum atomic E-state index is 15.0. The van der Waals surface area contributed by atoms with Crippen molar-refractivity contribution >= 4 is 11.5 Å². The van der Waals surface area contributed by atoms with Crippen LogP contribution in [0.5, 0.6) is 5.75 Å². The molecule has 206 valence electrons. The van der Waals surface area contributed by atoms with Gasteiger partial charge in [-0.15, -0.1) is 0 Å². The van der Waals surface area contributed by atoms with Crippen LogP contribution < -0.4 is 4.74 Å². The third-order valence-corrected chi connectivity index (χ3v) is 6.60. The molecule has 39 heavy (non-hydrogen) atoms. The van der Waals surface area contributed by atoms with Gasteiger partial charge in [0.15, 0.2) is 34.8 Å². The molecule has 0 radical (unpaired) electrons. The molecule has 0 aromatic heterocycles. The molecule has 0 aliphatic heterocycles. The Morgan fingerprint density at radius 3 is 2.08 bits per heavy atom. The number of esters is 1. The van der Waals surface area contributed by atoms with E-state index in [1.54, 1.807) is 13.0 Å². The molecule has 1 aliphatic rings. The summed E-state index contributed by atoms with van der Waals surface area (Å²) in [7, 11) is 0. The number of benzene rings is 3. The Hall–Kier alpha value is -3.75. The van der Waals surface area contributed by atoms with E-state index in [2.05, 4.69) is 0 Å². The monoisotopic (exact) mass is 548 g/mol. The molecule has 0 fully saturated rings. The molecule has 0 saturated carbocycles. The van der Waals surface area contributed by atoms with Crippen LogP contribution >= 0.6 is 0 Å². The number of hydrogen-bond acceptors (Lipinski definition) is 3. The van der Waals surface area contributed by atoms with E-state index in [1.807, 2.05) is 6.92 Å². The Morgan fingerprint density at radius 1 is 0.795 bits per heavy atom. The lowest BCUT2D eigenvalue weighted by Gasteiger charge is -2.23. The van der Waals surface area contributed by atoms with Gasteiger partial charge < -0.3 is 9.47 Å². The second-order valence-corrected chi connectivity index (χ2v) is 9.14. The van der Waals surface area contributed by atoms with Gasteiger partial charge in [0.25, 0.3) is 0 Å². The second-order valence-electron chi connectivity index (χ2n) is 9.14. The number of carbonyl (C=O) groups excluding carboxylic acids is 1. The molecule has 0 heterocycles. The summed E-state index contributed by atoms with van der Waals surface area (Å²) in [5.41, 5.74) is -0.860. The van der Waals surface area contributed by atoms with Crippen molar-refractivity contribution in [3.05, 3.63) is 94.1 Å². The minimum absolute atomic E-state index is 0.0625. The van der Waals surface area contributed by atoms with Crippen LogP contribution in [0.25, 0.3) is 16.7 Å². The third kappa shape index (κ3) is 5.67. The van der Waals surface area contributed by atoms with Crippen LogP contribution in [0.1, 0.15) is 61.0 Å². The van der Waals surface area contributed by atoms with Crippen molar-refractivity contribution < 1.29 is 40.6 Å². The molecule has 0 N–H and O–H groups in total. The average Bonchev–Trinajstić information content (AvgIpc) is 2.92. The molecule has 3 aromatic rings. The number of halogens is 6. The smallest absolute Gasteiger partial charge is 0.341 e. The van der Waals surface area contributed by atoms with E-state index in [0.717, 1.165) is 12.1 Å². The normalized spacial score (nSPS) is 15.2. The maximum Gasteiger partial charge on any atom is 0.341 e. The van der Waals surface area contributed by atoms with E-state index >= 15 is 4.39 Å². The minimum Gasteiger partial charge on any atom is -0.491 e. The molecule has 1 aliphatic carbocycles. The van der Waals surface area contributed by atoms with Gasteiger partial charge in [0, 0.05) is 23.1 Å². The second kappa shape index (κ2) is 12.0. The van der Waals surface area contributed by atoms with E-state index in [4.69, 9.17) is 9.47 Å². The number of hydrogen-bond donors (Lipinski definition) is 0. The van der Waals surface area contributed by atoms with Crippen LogP contribution in [0.2, 0.25) is 0 Å². The van der Waals surface area contributed by atoms with Gasteiger partial charge in [-0.25, -0.2) is 26.7 Å². The highest BCUT2D eigenvalue weighted by Gasteiger charge is 2.27. The topological polar surface area (TPSA) is 35.5 Å². The van der Waals surface area contributed by atoms with E-state index < -0.39 is 63.7 Å². The molecule has 0 amide bonds. The summed E-state index contributed by atoms with van der Waals surface area (Å²) in [4.78, 5) is 12.5. The Labute approximate surface area is 222 Å². The first-order chi connectivity index (χ1) is 18.7. The molecular formula is C30H26F6O3. The SMILES string of the molecule is CCCc1ccc(C(=O)OC2CC=C(c3ccc(-c4ccc(OCC)c(F)c4F)c(F)c3F)CC2)c(F)c1F. The van der Waals surface area contributed by atoms with Crippen LogP contribution in [0, 0.1) is 34.9 Å². The molecule has 0 spiro atoms. The van der Waals surface area contributed by atoms with Gasteiger partial charge in [-0.05, 0) is 55.5 Å². The highest BCUT2D eigenvalue weighted by atomic mass is 19.2. The van der Waals surface area contributed by atoms with Crippen LogP contribution in [-0.2, 0) is 11.2 Å². The highest BCUT2D eigenvalue weighted by molar-refractivity contribution is 5.90. The molecule has 3 aromatic carbocycles. The molecule has 0 saturated heterocycles. The minimum atomic E-state index is -1.36. The standard InChI is InChI=1S/C30H26F6O3/c1-3-5-17-8-11-22(28(35)24(17)31)30(37)39-18-9-6-16(7-10-18)19-12-13-20(26(33)25(19)32)21-14-15-23(38-4-2)29(36)27(21)34/h6,8,11-15,18H,3-5,7,9-10H2,1-2H3. The summed E-state index contributed by atoms with van der Waals surface area (Å²) in [5.74, 6) is -8.91. The number of ether oxygens (including phenoxy) is 2. The van der Waals surface area contributed by atoms with Gasteiger partial charge in [-0.2, -0.15) is 4.39 Å². The first-order valence-corrected chi connectivity index (χ1v) is 12.6. The molecule has 1 unspecified atom stereocenters. The largest absolute Gasteiger partial charge is 0.491 e. The van der Waals surface area contributed by atoms with Crippen molar-refractivity contribution in [2.24, 2.45) is 0 Å². The molecule has 3 nitrogen and oxygen atoms in total. The zero-order chi connectivity index (χ0) is 28.3. The van der Waals surface area contributed by atoms with E-state index in [0.29, 0.717) is 18.4 Å². The average molecular weight is 549 g/mol. The highest BCUT2D eigenvalue weighted by Crippen LogP contribution is 2.36. The van der Waals surface area contributed by atoms with Crippen molar-refractivity contribution in [1.29, 1.82) is 0 Å². The van der Waals surface area contributed by atoms with Crippen molar-refractivity contribution in [1.82, 2.24) is 0 Å². The van der Waals surface area contributed by atoms with Gasteiger partial charge >= 0.3 is 5.97 Å². The maximum absolute atomic E-state index is 15.0. The van der Waals surface area contributed by atoms with Crippen LogP contribution in [0.4, 0.5) is 26.3 Å². The first-order valence-electron chi connectivity index (χ1n) is 12.6. The lowest BCUT2D eigenvalue weighted by atomic mass is 9.90. The van der Waals surface area contributed by atoms with Crippen molar-refractivity contribution in [2.75, 3.05) is 6.61 Å². The van der Waals surface area contributed by atoms with Gasteiger partial charge in [0.1, 0.15) is 6.10 Å². The Kier molecular flexibility index (Phi) is 8.67. The van der Waals surface area contributed by atoms with Crippen LogP contribution in [-0.4, -0.2) is 18.7 Å². The first kappa shape index (κ1) is 28.3. The van der Waals surface area contributed by atoms with Gasteiger partial charge in [-0.1, -0.05) is 37.6 Å². The summed E-state index contributed by atoms with van der Waals surface area (Å²) in [6.07, 6.45) is 2.41. The predicted molar refractivity (Wildman–Crippen MR) is 134 cm³/mol. The predicted octanol–water partition coefficient (Wildman–Crippen LogP) is 8.33. The number of aryl methyl sites for hydroxylation is 1. The fourth-order valence-corrected chi connectivity index (χ4v) is 4.60. The van der Waals surface area contributed by atoms with Gasteiger partial charge in [-0.3, -0.25) is 0 Å². The molecular weight excluding hydrogens is 522 g/mol. The summed E-state index contributed by atoms with van der Waals surface area (Å²) in [6.45, 7) is 3.52. The van der Waals surface area contributed by atoms with Crippen molar-refractivity contribution in [2.45, 2.75) is 52.1 Å². The number of carbonyl (C=O) groups is 1.